The smallest absolute Gasteiger partial charge is 0.229 e. The Morgan fingerprint density at radius 2 is 2.11 bits per heavy atom. The Balaban J connectivity index is 2.06. The molecule has 3 rings (SSSR count). The van der Waals surface area contributed by atoms with Crippen molar-refractivity contribution in [3.8, 4) is 0 Å². The van der Waals surface area contributed by atoms with Crippen LogP contribution >= 0.6 is 15.9 Å². The van der Waals surface area contributed by atoms with Gasteiger partial charge in [-0.2, -0.15) is 0 Å². The lowest BCUT2D eigenvalue weighted by Gasteiger charge is -1.97. The van der Waals surface area contributed by atoms with Gasteiger partial charge in [-0.3, -0.25) is 9.78 Å². The van der Waals surface area contributed by atoms with Gasteiger partial charge in [0.25, 0.3) is 0 Å². The highest BCUT2D eigenvalue weighted by Crippen LogP contribution is 2.27. The maximum atomic E-state index is 12.3. The molecule has 0 N–H and O–H groups in total. The first-order chi connectivity index (χ1) is 9.15. The SMILES string of the molecule is Cc1ccc(C(=O)c2cc3cccc(Br)c3o2)cn1. The summed E-state index contributed by atoms with van der Waals surface area (Å²) < 4.78 is 6.46. The van der Waals surface area contributed by atoms with E-state index in [1.165, 1.54) is 0 Å². The van der Waals surface area contributed by atoms with Crippen molar-refractivity contribution in [1.29, 1.82) is 0 Å². The zero-order valence-corrected chi connectivity index (χ0v) is 11.8. The van der Waals surface area contributed by atoms with Crippen molar-refractivity contribution >= 4 is 32.7 Å². The zero-order valence-electron chi connectivity index (χ0n) is 10.2. The number of nitrogens with zero attached hydrogens (tertiary/aromatic N) is 1. The Labute approximate surface area is 118 Å². The lowest BCUT2D eigenvalue weighted by Crippen LogP contribution is -2.00. The lowest BCUT2D eigenvalue weighted by atomic mass is 10.1. The average molecular weight is 316 g/mol. The summed E-state index contributed by atoms with van der Waals surface area (Å²) in [4.78, 5) is 16.4. The van der Waals surface area contributed by atoms with Crippen molar-refractivity contribution in [2.45, 2.75) is 6.92 Å². The van der Waals surface area contributed by atoms with Crippen molar-refractivity contribution in [2.24, 2.45) is 0 Å². The summed E-state index contributed by atoms with van der Waals surface area (Å²) in [5.74, 6) is 0.170. The van der Waals surface area contributed by atoms with Gasteiger partial charge in [-0.05, 0) is 47.1 Å². The highest BCUT2D eigenvalue weighted by atomic mass is 79.9. The highest BCUT2D eigenvalue weighted by molar-refractivity contribution is 9.10. The summed E-state index contributed by atoms with van der Waals surface area (Å²) in [7, 11) is 0. The Morgan fingerprint density at radius 3 is 2.79 bits per heavy atom. The number of hydrogen-bond acceptors (Lipinski definition) is 3. The highest BCUT2D eigenvalue weighted by Gasteiger charge is 2.15. The van der Waals surface area contributed by atoms with Crippen LogP contribution in [0.2, 0.25) is 0 Å². The van der Waals surface area contributed by atoms with Crippen LogP contribution in [0, 0.1) is 6.92 Å². The third-order valence-electron chi connectivity index (χ3n) is 2.89. The predicted molar refractivity (Wildman–Crippen MR) is 76.3 cm³/mol. The predicted octanol–water partition coefficient (Wildman–Crippen LogP) is 4.13. The topological polar surface area (TPSA) is 43.1 Å². The summed E-state index contributed by atoms with van der Waals surface area (Å²) in [6.45, 7) is 1.88. The minimum Gasteiger partial charge on any atom is -0.451 e. The number of para-hydroxylation sites is 1. The fourth-order valence-electron chi connectivity index (χ4n) is 1.88. The monoisotopic (exact) mass is 315 g/mol. The second-order valence-electron chi connectivity index (χ2n) is 4.29. The van der Waals surface area contributed by atoms with E-state index in [0.717, 1.165) is 15.6 Å². The molecule has 0 saturated heterocycles. The molecular weight excluding hydrogens is 306 g/mol. The third kappa shape index (κ3) is 2.19. The van der Waals surface area contributed by atoms with Gasteiger partial charge in [-0.25, -0.2) is 0 Å². The molecule has 0 radical (unpaired) electrons. The Hall–Kier alpha value is -1.94. The van der Waals surface area contributed by atoms with Gasteiger partial charge in [-0.15, -0.1) is 0 Å². The average Bonchev–Trinajstić information content (AvgIpc) is 2.84. The molecule has 94 valence electrons. The van der Waals surface area contributed by atoms with Crippen LogP contribution in [-0.4, -0.2) is 10.8 Å². The molecule has 1 aromatic carbocycles. The van der Waals surface area contributed by atoms with Crippen LogP contribution in [0.3, 0.4) is 0 Å². The Kier molecular flexibility index (Phi) is 2.95. The van der Waals surface area contributed by atoms with Crippen LogP contribution in [0.15, 0.2) is 51.5 Å². The second kappa shape index (κ2) is 4.63. The van der Waals surface area contributed by atoms with E-state index in [-0.39, 0.29) is 5.78 Å². The summed E-state index contributed by atoms with van der Waals surface area (Å²) in [5, 5.41) is 0.901. The van der Waals surface area contributed by atoms with Crippen LogP contribution in [0.5, 0.6) is 0 Å². The van der Waals surface area contributed by atoms with E-state index in [9.17, 15) is 4.79 Å². The van der Waals surface area contributed by atoms with Gasteiger partial charge < -0.3 is 4.42 Å². The van der Waals surface area contributed by atoms with Gasteiger partial charge in [-0.1, -0.05) is 12.1 Å². The Bertz CT molecular complexity index is 759. The van der Waals surface area contributed by atoms with Crippen molar-refractivity contribution in [2.75, 3.05) is 0 Å². The number of halogens is 1. The van der Waals surface area contributed by atoms with Crippen LogP contribution < -0.4 is 0 Å². The van der Waals surface area contributed by atoms with Crippen LogP contribution in [-0.2, 0) is 0 Å². The van der Waals surface area contributed by atoms with Crippen LogP contribution in [0.1, 0.15) is 21.8 Å². The summed E-state index contributed by atoms with van der Waals surface area (Å²) >= 11 is 3.41. The molecular formula is C15H10BrNO2. The van der Waals surface area contributed by atoms with E-state index in [4.69, 9.17) is 4.42 Å². The van der Waals surface area contributed by atoms with Gasteiger partial charge in [0, 0.05) is 22.8 Å². The largest absolute Gasteiger partial charge is 0.451 e. The number of hydrogen-bond donors (Lipinski definition) is 0. The van der Waals surface area contributed by atoms with Crippen molar-refractivity contribution < 1.29 is 9.21 Å². The fourth-order valence-corrected chi connectivity index (χ4v) is 2.35. The number of aromatic nitrogens is 1. The standard InChI is InChI=1S/C15H10BrNO2/c1-9-5-6-11(8-17-9)14(18)13-7-10-3-2-4-12(16)15(10)19-13/h2-8H,1H3. The number of rotatable bonds is 2. The van der Waals surface area contributed by atoms with Gasteiger partial charge in [0.05, 0.1) is 4.47 Å². The van der Waals surface area contributed by atoms with E-state index in [0.29, 0.717) is 16.9 Å². The first-order valence-electron chi connectivity index (χ1n) is 5.80. The third-order valence-corrected chi connectivity index (χ3v) is 3.52. The van der Waals surface area contributed by atoms with Crippen molar-refractivity contribution in [3.05, 3.63) is 64.1 Å². The van der Waals surface area contributed by atoms with E-state index < -0.39 is 0 Å². The molecule has 19 heavy (non-hydrogen) atoms. The number of fused-ring (bicyclic) bond motifs is 1. The number of furan rings is 1. The van der Waals surface area contributed by atoms with Crippen LogP contribution in [0.25, 0.3) is 11.0 Å². The van der Waals surface area contributed by atoms with Gasteiger partial charge in [0.15, 0.2) is 5.76 Å². The van der Waals surface area contributed by atoms with Crippen molar-refractivity contribution in [1.82, 2.24) is 4.98 Å². The molecule has 0 bridgehead atoms. The first kappa shape index (κ1) is 12.1. The molecule has 3 aromatic rings. The summed E-state index contributed by atoms with van der Waals surface area (Å²) in [5.41, 5.74) is 2.09. The van der Waals surface area contributed by atoms with Gasteiger partial charge in [0.2, 0.25) is 5.78 Å². The molecule has 2 heterocycles. The maximum Gasteiger partial charge on any atom is 0.229 e. The minimum atomic E-state index is -0.157. The molecule has 0 aliphatic rings. The van der Waals surface area contributed by atoms with Gasteiger partial charge >= 0.3 is 0 Å². The molecule has 2 aromatic heterocycles. The number of pyridine rings is 1. The molecule has 0 unspecified atom stereocenters. The normalized spacial score (nSPS) is 10.8. The number of carbonyl (C=O) groups excluding carboxylic acids is 1. The molecule has 0 spiro atoms. The Morgan fingerprint density at radius 1 is 1.26 bits per heavy atom. The van der Waals surface area contributed by atoms with E-state index in [2.05, 4.69) is 20.9 Å². The quantitative estimate of drug-likeness (QED) is 0.668. The minimum absolute atomic E-state index is 0.157. The van der Waals surface area contributed by atoms with Crippen molar-refractivity contribution in [3.63, 3.8) is 0 Å². The number of carbonyl (C=O) groups is 1. The molecule has 0 aliphatic heterocycles. The molecule has 0 fully saturated rings. The van der Waals surface area contributed by atoms with E-state index in [1.54, 1.807) is 18.3 Å². The number of aryl methyl sites for hydroxylation is 1. The van der Waals surface area contributed by atoms with E-state index in [1.807, 2.05) is 31.2 Å². The van der Waals surface area contributed by atoms with Crippen LogP contribution in [0.4, 0.5) is 0 Å². The number of ketones is 1. The lowest BCUT2D eigenvalue weighted by molar-refractivity contribution is 0.101. The zero-order chi connectivity index (χ0) is 13.4. The molecule has 0 atom stereocenters. The summed E-state index contributed by atoms with van der Waals surface area (Å²) in [6.07, 6.45) is 1.57. The molecule has 4 heteroatoms. The fraction of sp³-hybridized carbons (Fsp3) is 0.0667. The first-order valence-corrected chi connectivity index (χ1v) is 6.60. The molecule has 0 amide bonds. The molecule has 0 saturated carbocycles. The number of benzene rings is 1. The second-order valence-corrected chi connectivity index (χ2v) is 5.14. The van der Waals surface area contributed by atoms with E-state index >= 15 is 0 Å². The maximum absolute atomic E-state index is 12.3. The summed E-state index contributed by atoms with van der Waals surface area (Å²) in [6, 6.07) is 11.0. The van der Waals surface area contributed by atoms with Gasteiger partial charge in [0.1, 0.15) is 5.58 Å². The molecule has 0 aliphatic carbocycles. The molecule has 3 nitrogen and oxygen atoms in total.